The maximum absolute atomic E-state index is 13.5. The molecule has 2 aromatic rings. The van der Waals surface area contributed by atoms with E-state index in [9.17, 15) is 17.6 Å². The van der Waals surface area contributed by atoms with Crippen molar-refractivity contribution in [3.63, 3.8) is 0 Å². The zero-order valence-electron chi connectivity index (χ0n) is 10.9. The highest BCUT2D eigenvalue weighted by Gasteiger charge is 2.34. The maximum Gasteiger partial charge on any atom is 0.433 e. The molecule has 2 rings (SSSR count). The first-order chi connectivity index (χ1) is 9.90. The van der Waals surface area contributed by atoms with Crippen molar-refractivity contribution in [2.45, 2.75) is 13.1 Å². The summed E-state index contributed by atoms with van der Waals surface area (Å²) < 4.78 is 56.8. The predicted molar refractivity (Wildman–Crippen MR) is 67.7 cm³/mol. The highest BCUT2D eigenvalue weighted by atomic mass is 19.4. The minimum atomic E-state index is -4.65. The van der Waals surface area contributed by atoms with Gasteiger partial charge in [-0.05, 0) is 19.1 Å². The van der Waals surface area contributed by atoms with E-state index in [1.165, 1.54) is 18.2 Å². The molecule has 0 atom stereocenters. The molecule has 1 aromatic heterocycles. The molecule has 1 heterocycles. The topological polar surface area (TPSA) is 47.0 Å². The number of benzene rings is 1. The van der Waals surface area contributed by atoms with Gasteiger partial charge in [-0.2, -0.15) is 18.2 Å². The standard InChI is InChI=1S/C13H11F4N3O/c1-2-18-12-19-10(13(15,16)17)7-11(20-12)21-9-6-4-3-5-8(9)14/h3-7H,2H2,1H3,(H,18,19,20). The fourth-order valence-electron chi connectivity index (χ4n) is 1.50. The molecule has 0 aliphatic heterocycles. The van der Waals surface area contributed by atoms with Crippen LogP contribution < -0.4 is 10.1 Å². The molecule has 0 amide bonds. The van der Waals surface area contributed by atoms with E-state index < -0.39 is 23.6 Å². The van der Waals surface area contributed by atoms with Crippen LogP contribution in [0.15, 0.2) is 30.3 Å². The van der Waals surface area contributed by atoms with Gasteiger partial charge >= 0.3 is 6.18 Å². The summed E-state index contributed by atoms with van der Waals surface area (Å²) in [6.07, 6.45) is -4.65. The molecule has 1 aromatic carbocycles. The van der Waals surface area contributed by atoms with Gasteiger partial charge in [0.25, 0.3) is 0 Å². The Morgan fingerprint density at radius 3 is 2.52 bits per heavy atom. The van der Waals surface area contributed by atoms with Crippen molar-refractivity contribution < 1.29 is 22.3 Å². The van der Waals surface area contributed by atoms with Gasteiger partial charge in [-0.3, -0.25) is 0 Å². The number of para-hydroxylation sites is 1. The van der Waals surface area contributed by atoms with Crippen molar-refractivity contribution in [1.82, 2.24) is 9.97 Å². The van der Waals surface area contributed by atoms with Gasteiger partial charge in [-0.1, -0.05) is 12.1 Å². The van der Waals surface area contributed by atoms with E-state index >= 15 is 0 Å². The number of rotatable bonds is 4. The number of alkyl halides is 3. The van der Waals surface area contributed by atoms with E-state index in [-0.39, 0.29) is 11.7 Å². The van der Waals surface area contributed by atoms with Gasteiger partial charge in [0.1, 0.15) is 0 Å². The van der Waals surface area contributed by atoms with Crippen molar-refractivity contribution in [2.24, 2.45) is 0 Å². The van der Waals surface area contributed by atoms with Crippen LogP contribution in [-0.4, -0.2) is 16.5 Å². The lowest BCUT2D eigenvalue weighted by Gasteiger charge is -2.11. The quantitative estimate of drug-likeness (QED) is 0.871. The summed E-state index contributed by atoms with van der Waals surface area (Å²) in [6, 6.07) is 5.97. The Kier molecular flexibility index (Phi) is 4.25. The molecule has 0 fully saturated rings. The second kappa shape index (κ2) is 5.94. The first-order valence-corrected chi connectivity index (χ1v) is 6.02. The zero-order valence-corrected chi connectivity index (χ0v) is 10.9. The minimum absolute atomic E-state index is 0.216. The molecule has 8 heteroatoms. The van der Waals surface area contributed by atoms with Gasteiger partial charge < -0.3 is 10.1 Å². The molecule has 1 N–H and O–H groups in total. The third-order valence-electron chi connectivity index (χ3n) is 2.38. The molecular weight excluding hydrogens is 290 g/mol. The normalized spacial score (nSPS) is 11.3. The SMILES string of the molecule is CCNc1nc(Oc2ccccc2F)cc(C(F)(F)F)n1. The van der Waals surface area contributed by atoms with Gasteiger partial charge in [0.15, 0.2) is 17.3 Å². The lowest BCUT2D eigenvalue weighted by Crippen LogP contribution is -2.12. The second-order valence-corrected chi connectivity index (χ2v) is 3.98. The van der Waals surface area contributed by atoms with Crippen molar-refractivity contribution >= 4 is 5.95 Å². The Labute approximate surface area is 117 Å². The van der Waals surface area contributed by atoms with Crippen molar-refractivity contribution in [1.29, 1.82) is 0 Å². The lowest BCUT2D eigenvalue weighted by molar-refractivity contribution is -0.141. The zero-order chi connectivity index (χ0) is 15.5. The minimum Gasteiger partial charge on any atom is -0.436 e. The van der Waals surface area contributed by atoms with Crippen molar-refractivity contribution in [2.75, 3.05) is 11.9 Å². The van der Waals surface area contributed by atoms with Crippen LogP contribution in [0.2, 0.25) is 0 Å². The van der Waals surface area contributed by atoms with Crippen molar-refractivity contribution in [3.8, 4) is 11.6 Å². The second-order valence-electron chi connectivity index (χ2n) is 3.98. The highest BCUT2D eigenvalue weighted by molar-refractivity contribution is 5.35. The molecule has 0 saturated heterocycles. The Hall–Kier alpha value is -2.38. The van der Waals surface area contributed by atoms with E-state index in [2.05, 4.69) is 15.3 Å². The Morgan fingerprint density at radius 1 is 1.19 bits per heavy atom. The maximum atomic E-state index is 13.5. The van der Waals surface area contributed by atoms with Crippen LogP contribution in [-0.2, 0) is 6.18 Å². The molecule has 0 aliphatic carbocycles. The molecule has 0 bridgehead atoms. The molecule has 0 aliphatic rings. The average Bonchev–Trinajstić information content (AvgIpc) is 2.41. The monoisotopic (exact) mass is 301 g/mol. The van der Waals surface area contributed by atoms with Gasteiger partial charge in [0.05, 0.1) is 0 Å². The van der Waals surface area contributed by atoms with Crippen LogP contribution in [0.1, 0.15) is 12.6 Å². The summed E-state index contributed by atoms with van der Waals surface area (Å²) in [7, 11) is 0. The average molecular weight is 301 g/mol. The van der Waals surface area contributed by atoms with Crippen molar-refractivity contribution in [3.05, 3.63) is 41.8 Å². The van der Waals surface area contributed by atoms with E-state index in [1.54, 1.807) is 6.92 Å². The molecule has 0 spiro atoms. The number of anilines is 1. The van der Waals surface area contributed by atoms with Crippen LogP contribution >= 0.6 is 0 Å². The van der Waals surface area contributed by atoms with E-state index in [1.807, 2.05) is 0 Å². The molecule has 112 valence electrons. The molecular formula is C13H11F4N3O. The Bertz CT molecular complexity index is 631. The summed E-state index contributed by atoms with van der Waals surface area (Å²) in [4.78, 5) is 7.10. The van der Waals surface area contributed by atoms with Gasteiger partial charge in [-0.25, -0.2) is 9.37 Å². The van der Waals surface area contributed by atoms with Crippen LogP contribution in [0.3, 0.4) is 0 Å². The summed E-state index contributed by atoms with van der Waals surface area (Å²) >= 11 is 0. The van der Waals surface area contributed by atoms with Gasteiger partial charge in [0, 0.05) is 12.6 Å². The van der Waals surface area contributed by atoms with E-state index in [4.69, 9.17) is 4.74 Å². The van der Waals surface area contributed by atoms with E-state index in [0.717, 1.165) is 6.07 Å². The molecule has 0 radical (unpaired) electrons. The molecule has 0 saturated carbocycles. The smallest absolute Gasteiger partial charge is 0.433 e. The molecule has 4 nitrogen and oxygen atoms in total. The van der Waals surface area contributed by atoms with E-state index in [0.29, 0.717) is 12.6 Å². The lowest BCUT2D eigenvalue weighted by atomic mass is 10.3. The first-order valence-electron chi connectivity index (χ1n) is 6.02. The number of nitrogens with one attached hydrogen (secondary N) is 1. The number of nitrogens with zero attached hydrogens (tertiary/aromatic N) is 2. The number of aromatic nitrogens is 2. The Morgan fingerprint density at radius 2 is 1.90 bits per heavy atom. The van der Waals surface area contributed by atoms with Crippen LogP contribution in [0.5, 0.6) is 11.6 Å². The van der Waals surface area contributed by atoms with Gasteiger partial charge in [-0.15, -0.1) is 0 Å². The summed E-state index contributed by atoms with van der Waals surface area (Å²) in [6.45, 7) is 2.02. The molecule has 0 unspecified atom stereocenters. The summed E-state index contributed by atoms with van der Waals surface area (Å²) in [5, 5.41) is 2.56. The first kappa shape index (κ1) is 15.0. The number of ether oxygens (including phenoxy) is 1. The Balaban J connectivity index is 2.38. The third kappa shape index (κ3) is 3.80. The largest absolute Gasteiger partial charge is 0.436 e. The van der Waals surface area contributed by atoms with Crippen LogP contribution in [0.4, 0.5) is 23.5 Å². The van der Waals surface area contributed by atoms with Crippen LogP contribution in [0.25, 0.3) is 0 Å². The fraction of sp³-hybridized carbons (Fsp3) is 0.231. The van der Waals surface area contributed by atoms with Crippen LogP contribution in [0, 0.1) is 5.82 Å². The summed E-state index contributed by atoms with van der Waals surface area (Å²) in [5.41, 5.74) is -1.17. The molecule has 21 heavy (non-hydrogen) atoms. The number of hydrogen-bond acceptors (Lipinski definition) is 4. The predicted octanol–water partition coefficient (Wildman–Crippen LogP) is 3.86. The summed E-state index contributed by atoms with van der Waals surface area (Å²) in [5.74, 6) is -1.54. The fourth-order valence-corrected chi connectivity index (χ4v) is 1.50. The number of hydrogen-bond donors (Lipinski definition) is 1. The third-order valence-corrected chi connectivity index (χ3v) is 2.38. The van der Waals surface area contributed by atoms with Gasteiger partial charge in [0.2, 0.25) is 11.8 Å². The number of halogens is 4. The highest BCUT2D eigenvalue weighted by Crippen LogP contribution is 2.32.